The van der Waals surface area contributed by atoms with Crippen LogP contribution in [0.15, 0.2) is 30.5 Å². The summed E-state index contributed by atoms with van der Waals surface area (Å²) in [6.45, 7) is 2.13. The molecule has 1 atom stereocenters. The minimum atomic E-state index is 0.297. The summed E-state index contributed by atoms with van der Waals surface area (Å²) < 4.78 is 0. The molecule has 0 fully saturated rings. The van der Waals surface area contributed by atoms with Crippen LogP contribution < -0.4 is 0 Å². The lowest BCUT2D eigenvalue weighted by Crippen LogP contribution is -2.23. The molecule has 68 valence electrons. The van der Waals surface area contributed by atoms with Crippen LogP contribution in [0.25, 0.3) is 6.08 Å². The fourth-order valence-corrected chi connectivity index (χ4v) is 1.68. The van der Waals surface area contributed by atoms with Gasteiger partial charge in [0.1, 0.15) is 0 Å². The number of rotatable bonds is 1. The summed E-state index contributed by atoms with van der Waals surface area (Å²) in [5, 5.41) is 1.85. The average Bonchev–Trinajstić information content (AvgIpc) is 2.19. The van der Waals surface area contributed by atoms with E-state index in [1.807, 2.05) is 11.3 Å². The maximum atomic E-state index is 5.21. The molecule has 0 N–H and O–H groups in total. The van der Waals surface area contributed by atoms with E-state index in [0.29, 0.717) is 6.04 Å². The molecule has 1 aliphatic rings. The average molecular weight is 175 g/mol. The van der Waals surface area contributed by atoms with E-state index in [1.54, 1.807) is 7.11 Å². The first-order chi connectivity index (χ1) is 6.33. The van der Waals surface area contributed by atoms with Gasteiger partial charge in [-0.15, -0.1) is 0 Å². The van der Waals surface area contributed by atoms with Crippen LogP contribution in [0.2, 0.25) is 0 Å². The van der Waals surface area contributed by atoms with Crippen LogP contribution >= 0.6 is 0 Å². The molecule has 0 bridgehead atoms. The molecule has 0 aliphatic carbocycles. The van der Waals surface area contributed by atoms with Crippen LogP contribution in [0.3, 0.4) is 0 Å². The van der Waals surface area contributed by atoms with Crippen molar-refractivity contribution in [3.8, 4) is 0 Å². The van der Waals surface area contributed by atoms with Gasteiger partial charge in [-0.25, -0.2) is 0 Å². The highest BCUT2D eigenvalue weighted by Crippen LogP contribution is 2.29. The second-order valence-electron chi connectivity index (χ2n) is 3.16. The molecule has 1 unspecified atom stereocenters. The molecular formula is C11H13NO. The Hall–Kier alpha value is -1.28. The summed E-state index contributed by atoms with van der Waals surface area (Å²) in [6, 6.07) is 8.66. The van der Waals surface area contributed by atoms with Crippen LogP contribution in [-0.4, -0.2) is 12.2 Å². The quantitative estimate of drug-likeness (QED) is 0.650. The molecule has 0 radical (unpaired) electrons. The summed E-state index contributed by atoms with van der Waals surface area (Å²) in [7, 11) is 1.69. The van der Waals surface area contributed by atoms with E-state index in [2.05, 4.69) is 37.3 Å². The van der Waals surface area contributed by atoms with Crippen molar-refractivity contribution in [1.29, 1.82) is 0 Å². The molecule has 0 spiro atoms. The Morgan fingerprint density at radius 1 is 1.31 bits per heavy atom. The van der Waals surface area contributed by atoms with Crippen LogP contribution in [-0.2, 0) is 4.84 Å². The zero-order valence-electron chi connectivity index (χ0n) is 7.90. The molecule has 1 aromatic rings. The van der Waals surface area contributed by atoms with Gasteiger partial charge >= 0.3 is 0 Å². The van der Waals surface area contributed by atoms with Crippen molar-refractivity contribution in [2.45, 2.75) is 13.0 Å². The van der Waals surface area contributed by atoms with Gasteiger partial charge in [-0.3, -0.25) is 9.90 Å². The second-order valence-corrected chi connectivity index (χ2v) is 3.16. The van der Waals surface area contributed by atoms with Crippen LogP contribution in [0.5, 0.6) is 0 Å². The van der Waals surface area contributed by atoms with Gasteiger partial charge < -0.3 is 0 Å². The first-order valence-corrected chi connectivity index (χ1v) is 4.42. The summed E-state index contributed by atoms with van der Waals surface area (Å²) in [5.41, 5.74) is 2.59. The number of hydrogen-bond donors (Lipinski definition) is 0. The summed E-state index contributed by atoms with van der Waals surface area (Å²) in [4.78, 5) is 5.21. The van der Waals surface area contributed by atoms with Crippen LogP contribution in [0.1, 0.15) is 24.1 Å². The van der Waals surface area contributed by atoms with Crippen molar-refractivity contribution < 1.29 is 4.84 Å². The molecule has 0 amide bonds. The second kappa shape index (κ2) is 3.23. The smallest absolute Gasteiger partial charge is 0.0785 e. The lowest BCUT2D eigenvalue weighted by atomic mass is 9.99. The minimum Gasteiger partial charge on any atom is -0.277 e. The fourth-order valence-electron chi connectivity index (χ4n) is 1.68. The number of hydroxylamine groups is 2. The Bertz CT molecular complexity index is 333. The van der Waals surface area contributed by atoms with Gasteiger partial charge in [-0.05, 0) is 24.1 Å². The van der Waals surface area contributed by atoms with E-state index >= 15 is 0 Å². The molecule has 2 heteroatoms. The van der Waals surface area contributed by atoms with Crippen LogP contribution in [0, 0.1) is 0 Å². The maximum Gasteiger partial charge on any atom is 0.0785 e. The standard InChI is InChI=1S/C11H13NO/c1-9-11-6-4-3-5-10(11)7-8-12(9)13-2/h3-9H,1-2H3. The highest BCUT2D eigenvalue weighted by molar-refractivity contribution is 5.56. The molecule has 1 aliphatic heterocycles. The van der Waals surface area contributed by atoms with Crippen molar-refractivity contribution in [2.24, 2.45) is 0 Å². The number of hydrogen-bond acceptors (Lipinski definition) is 2. The van der Waals surface area contributed by atoms with Crippen LogP contribution in [0.4, 0.5) is 0 Å². The van der Waals surface area contributed by atoms with Crippen molar-refractivity contribution in [1.82, 2.24) is 5.06 Å². The van der Waals surface area contributed by atoms with Crippen molar-refractivity contribution in [3.05, 3.63) is 41.6 Å². The molecule has 2 rings (SSSR count). The van der Waals surface area contributed by atoms with E-state index < -0.39 is 0 Å². The maximum absolute atomic E-state index is 5.21. The third-order valence-electron chi connectivity index (χ3n) is 2.44. The Kier molecular flexibility index (Phi) is 2.07. The summed E-state index contributed by atoms with van der Waals surface area (Å²) in [5.74, 6) is 0. The largest absolute Gasteiger partial charge is 0.277 e. The third-order valence-corrected chi connectivity index (χ3v) is 2.44. The third kappa shape index (κ3) is 1.33. The lowest BCUT2D eigenvalue weighted by molar-refractivity contribution is -0.117. The molecule has 0 aromatic heterocycles. The molecule has 0 saturated carbocycles. The Labute approximate surface area is 78.4 Å². The van der Waals surface area contributed by atoms with E-state index in [9.17, 15) is 0 Å². The number of benzene rings is 1. The van der Waals surface area contributed by atoms with Crippen molar-refractivity contribution >= 4 is 6.08 Å². The monoisotopic (exact) mass is 175 g/mol. The lowest BCUT2D eigenvalue weighted by Gasteiger charge is -2.29. The zero-order valence-corrected chi connectivity index (χ0v) is 7.90. The Morgan fingerprint density at radius 2 is 2.08 bits per heavy atom. The Morgan fingerprint density at radius 3 is 2.85 bits per heavy atom. The highest BCUT2D eigenvalue weighted by Gasteiger charge is 2.17. The molecule has 13 heavy (non-hydrogen) atoms. The first kappa shape index (κ1) is 8.32. The van der Waals surface area contributed by atoms with E-state index in [1.165, 1.54) is 11.1 Å². The highest BCUT2D eigenvalue weighted by atomic mass is 16.7. The van der Waals surface area contributed by atoms with Crippen molar-refractivity contribution in [3.63, 3.8) is 0 Å². The van der Waals surface area contributed by atoms with E-state index in [0.717, 1.165) is 0 Å². The van der Waals surface area contributed by atoms with Gasteiger partial charge in [0, 0.05) is 6.20 Å². The minimum absolute atomic E-state index is 0.297. The molecule has 0 saturated heterocycles. The van der Waals surface area contributed by atoms with Gasteiger partial charge in [-0.1, -0.05) is 24.3 Å². The van der Waals surface area contributed by atoms with Gasteiger partial charge in [0.05, 0.1) is 13.2 Å². The molecule has 2 nitrogen and oxygen atoms in total. The topological polar surface area (TPSA) is 12.5 Å². The predicted octanol–water partition coefficient (Wildman–Crippen LogP) is 2.60. The van der Waals surface area contributed by atoms with Gasteiger partial charge in [-0.2, -0.15) is 0 Å². The number of nitrogens with zero attached hydrogens (tertiary/aromatic N) is 1. The van der Waals surface area contributed by atoms with E-state index in [-0.39, 0.29) is 0 Å². The van der Waals surface area contributed by atoms with Gasteiger partial charge in [0.25, 0.3) is 0 Å². The first-order valence-electron chi connectivity index (χ1n) is 4.42. The van der Waals surface area contributed by atoms with Crippen molar-refractivity contribution in [2.75, 3.05) is 7.11 Å². The molecule has 1 heterocycles. The molecule has 1 aromatic carbocycles. The normalized spacial score (nSPS) is 20.2. The predicted molar refractivity (Wildman–Crippen MR) is 52.7 cm³/mol. The van der Waals surface area contributed by atoms with Gasteiger partial charge in [0.2, 0.25) is 0 Å². The summed E-state index contributed by atoms with van der Waals surface area (Å²) in [6.07, 6.45) is 4.03. The zero-order chi connectivity index (χ0) is 9.26. The fraction of sp³-hybridized carbons (Fsp3) is 0.273. The van der Waals surface area contributed by atoms with Gasteiger partial charge in [0.15, 0.2) is 0 Å². The number of fused-ring (bicyclic) bond motifs is 1. The Balaban J connectivity index is 2.42. The SMILES string of the molecule is CON1C=Cc2ccccc2C1C. The summed E-state index contributed by atoms with van der Waals surface area (Å²) >= 11 is 0. The van der Waals surface area contributed by atoms with E-state index in [4.69, 9.17) is 4.84 Å². The molecular weight excluding hydrogens is 162 g/mol.